The van der Waals surface area contributed by atoms with E-state index in [1.165, 1.54) is 6.42 Å². The average Bonchev–Trinajstić information content (AvgIpc) is 2.08. The number of nitrogen functional groups attached to an aromatic ring is 1. The molecule has 1 heterocycles. The monoisotopic (exact) mass is 281 g/mol. The molecular weight excluding hydrogens is 258 g/mol. The SMILES string of the molecule is CC1(C)CC(Nc2cc(N)cc(Cl)n2)CC(C)(C)C1. The van der Waals surface area contributed by atoms with Gasteiger partial charge in [-0.1, -0.05) is 39.3 Å². The molecule has 0 aromatic carbocycles. The Morgan fingerprint density at radius 2 is 1.79 bits per heavy atom. The zero-order chi connectivity index (χ0) is 14.3. The minimum atomic E-state index is 0.351. The molecule has 3 nitrogen and oxygen atoms in total. The second-order valence-electron chi connectivity index (χ2n) is 7.36. The molecule has 0 atom stereocenters. The first-order chi connectivity index (χ1) is 8.65. The summed E-state index contributed by atoms with van der Waals surface area (Å²) < 4.78 is 0. The molecule has 1 aliphatic carbocycles. The van der Waals surface area contributed by atoms with E-state index in [1.807, 2.05) is 6.07 Å². The van der Waals surface area contributed by atoms with Crippen LogP contribution in [0.2, 0.25) is 5.15 Å². The highest BCUT2D eigenvalue weighted by Crippen LogP contribution is 2.46. The normalized spacial score (nSPS) is 22.2. The molecule has 106 valence electrons. The number of aromatic nitrogens is 1. The van der Waals surface area contributed by atoms with Gasteiger partial charge in [0, 0.05) is 17.8 Å². The van der Waals surface area contributed by atoms with Crippen LogP contribution >= 0.6 is 11.6 Å². The van der Waals surface area contributed by atoms with E-state index in [9.17, 15) is 0 Å². The van der Waals surface area contributed by atoms with E-state index in [-0.39, 0.29) is 0 Å². The summed E-state index contributed by atoms with van der Waals surface area (Å²) >= 11 is 5.95. The third kappa shape index (κ3) is 4.00. The molecule has 0 amide bonds. The van der Waals surface area contributed by atoms with Crippen molar-refractivity contribution in [2.45, 2.75) is 53.0 Å². The maximum absolute atomic E-state index is 5.95. The molecular formula is C15H24ClN3. The first kappa shape index (κ1) is 14.4. The van der Waals surface area contributed by atoms with Crippen molar-refractivity contribution in [3.05, 3.63) is 17.3 Å². The molecule has 1 saturated carbocycles. The van der Waals surface area contributed by atoms with Crippen molar-refractivity contribution in [1.29, 1.82) is 0 Å². The number of hydrogen-bond acceptors (Lipinski definition) is 3. The molecule has 1 aromatic heterocycles. The van der Waals surface area contributed by atoms with E-state index in [0.717, 1.165) is 18.7 Å². The zero-order valence-corrected chi connectivity index (χ0v) is 13.0. The Hall–Kier alpha value is -0.960. The van der Waals surface area contributed by atoms with Gasteiger partial charge in [0.2, 0.25) is 0 Å². The first-order valence-corrected chi connectivity index (χ1v) is 7.23. The van der Waals surface area contributed by atoms with Gasteiger partial charge in [-0.3, -0.25) is 0 Å². The fraction of sp³-hybridized carbons (Fsp3) is 0.667. The van der Waals surface area contributed by atoms with Crippen molar-refractivity contribution in [1.82, 2.24) is 4.98 Å². The van der Waals surface area contributed by atoms with Crippen molar-refractivity contribution in [3.8, 4) is 0 Å². The van der Waals surface area contributed by atoms with Crippen LogP contribution in [0.4, 0.5) is 11.5 Å². The van der Waals surface area contributed by atoms with Gasteiger partial charge in [-0.05, 0) is 36.2 Å². The van der Waals surface area contributed by atoms with Gasteiger partial charge in [-0.25, -0.2) is 4.98 Å². The van der Waals surface area contributed by atoms with Gasteiger partial charge in [0.25, 0.3) is 0 Å². The summed E-state index contributed by atoms with van der Waals surface area (Å²) in [6.07, 6.45) is 3.54. The summed E-state index contributed by atoms with van der Waals surface area (Å²) in [5, 5.41) is 3.94. The largest absolute Gasteiger partial charge is 0.399 e. The fourth-order valence-corrected chi connectivity index (χ4v) is 3.96. The number of rotatable bonds is 2. The molecule has 2 rings (SSSR count). The van der Waals surface area contributed by atoms with Crippen LogP contribution in [0, 0.1) is 10.8 Å². The van der Waals surface area contributed by atoms with E-state index in [1.54, 1.807) is 6.07 Å². The van der Waals surface area contributed by atoms with Gasteiger partial charge < -0.3 is 11.1 Å². The Kier molecular flexibility index (Phi) is 3.69. The highest BCUT2D eigenvalue weighted by atomic mass is 35.5. The Morgan fingerprint density at radius 3 is 2.32 bits per heavy atom. The summed E-state index contributed by atoms with van der Waals surface area (Å²) in [5.74, 6) is 0.781. The van der Waals surface area contributed by atoms with Crippen molar-refractivity contribution in [2.75, 3.05) is 11.1 Å². The summed E-state index contributed by atoms with van der Waals surface area (Å²) in [6.45, 7) is 9.34. The second kappa shape index (κ2) is 4.86. The summed E-state index contributed by atoms with van der Waals surface area (Å²) in [7, 11) is 0. The molecule has 1 fully saturated rings. The lowest BCUT2D eigenvalue weighted by atomic mass is 9.63. The van der Waals surface area contributed by atoms with Crippen molar-refractivity contribution in [2.24, 2.45) is 10.8 Å². The molecule has 0 aliphatic heterocycles. The van der Waals surface area contributed by atoms with Crippen LogP contribution in [0.3, 0.4) is 0 Å². The molecule has 0 bridgehead atoms. The standard InChI is InChI=1S/C15H24ClN3/c1-14(2)7-11(8-15(3,4)9-14)18-13-6-10(17)5-12(16)19-13/h5-6,11H,7-9H2,1-4H3,(H3,17,18,19). The highest BCUT2D eigenvalue weighted by molar-refractivity contribution is 6.29. The molecule has 3 N–H and O–H groups in total. The van der Waals surface area contributed by atoms with E-state index in [0.29, 0.717) is 27.7 Å². The number of nitrogens with zero attached hydrogens (tertiary/aromatic N) is 1. The Bertz CT molecular complexity index is 432. The van der Waals surface area contributed by atoms with Crippen LogP contribution in [-0.2, 0) is 0 Å². The lowest BCUT2D eigenvalue weighted by molar-refractivity contribution is 0.105. The maximum atomic E-state index is 5.95. The van der Waals surface area contributed by atoms with E-state index in [2.05, 4.69) is 38.0 Å². The summed E-state index contributed by atoms with van der Waals surface area (Å²) in [5.41, 5.74) is 7.16. The molecule has 0 saturated heterocycles. The van der Waals surface area contributed by atoms with E-state index >= 15 is 0 Å². The van der Waals surface area contributed by atoms with Crippen LogP contribution in [0.5, 0.6) is 0 Å². The Balaban J connectivity index is 2.14. The Morgan fingerprint density at radius 1 is 1.21 bits per heavy atom. The first-order valence-electron chi connectivity index (χ1n) is 6.85. The molecule has 0 radical (unpaired) electrons. The van der Waals surface area contributed by atoms with Gasteiger partial charge in [0.15, 0.2) is 0 Å². The fourth-order valence-electron chi connectivity index (χ4n) is 3.75. The molecule has 4 heteroatoms. The smallest absolute Gasteiger partial charge is 0.133 e. The molecule has 1 aliphatic rings. The van der Waals surface area contributed by atoms with Crippen LogP contribution < -0.4 is 11.1 Å². The van der Waals surface area contributed by atoms with Gasteiger partial charge in [-0.15, -0.1) is 0 Å². The van der Waals surface area contributed by atoms with E-state index in [4.69, 9.17) is 17.3 Å². The number of halogens is 1. The third-order valence-corrected chi connectivity index (χ3v) is 3.92. The maximum Gasteiger partial charge on any atom is 0.133 e. The van der Waals surface area contributed by atoms with E-state index < -0.39 is 0 Å². The zero-order valence-electron chi connectivity index (χ0n) is 12.3. The van der Waals surface area contributed by atoms with Gasteiger partial charge in [0.05, 0.1) is 0 Å². The minimum Gasteiger partial charge on any atom is -0.399 e. The summed E-state index contributed by atoms with van der Waals surface area (Å²) in [4.78, 5) is 4.30. The number of anilines is 2. The lowest BCUT2D eigenvalue weighted by Crippen LogP contribution is -2.40. The van der Waals surface area contributed by atoms with Crippen LogP contribution in [0.1, 0.15) is 47.0 Å². The van der Waals surface area contributed by atoms with Crippen molar-refractivity contribution >= 4 is 23.1 Å². The quantitative estimate of drug-likeness (QED) is 0.793. The predicted octanol–water partition coefficient (Wildman–Crippen LogP) is 4.33. The van der Waals surface area contributed by atoms with Crippen LogP contribution in [-0.4, -0.2) is 11.0 Å². The molecule has 0 unspecified atom stereocenters. The third-order valence-electron chi connectivity index (χ3n) is 3.72. The number of hydrogen-bond donors (Lipinski definition) is 2. The Labute approximate surface area is 120 Å². The minimum absolute atomic E-state index is 0.351. The van der Waals surface area contributed by atoms with Crippen LogP contribution in [0.15, 0.2) is 12.1 Å². The summed E-state index contributed by atoms with van der Waals surface area (Å²) in [6, 6.07) is 3.94. The van der Waals surface area contributed by atoms with Gasteiger partial charge >= 0.3 is 0 Å². The van der Waals surface area contributed by atoms with Crippen molar-refractivity contribution < 1.29 is 0 Å². The van der Waals surface area contributed by atoms with Gasteiger partial charge in [-0.2, -0.15) is 0 Å². The number of nitrogens with one attached hydrogen (secondary N) is 1. The molecule has 1 aromatic rings. The number of pyridine rings is 1. The molecule has 0 spiro atoms. The molecule has 19 heavy (non-hydrogen) atoms. The van der Waals surface area contributed by atoms with Crippen molar-refractivity contribution in [3.63, 3.8) is 0 Å². The highest BCUT2D eigenvalue weighted by Gasteiger charge is 2.38. The average molecular weight is 282 g/mol. The predicted molar refractivity (Wildman–Crippen MR) is 82.5 cm³/mol. The lowest BCUT2D eigenvalue weighted by Gasteiger charge is -2.45. The second-order valence-corrected chi connectivity index (χ2v) is 7.75. The number of nitrogens with two attached hydrogens (primary N) is 1. The van der Waals surface area contributed by atoms with Crippen LogP contribution in [0.25, 0.3) is 0 Å². The van der Waals surface area contributed by atoms with Gasteiger partial charge in [0.1, 0.15) is 11.0 Å². The topological polar surface area (TPSA) is 50.9 Å².